The van der Waals surface area contributed by atoms with E-state index in [4.69, 9.17) is 21.6 Å². The van der Waals surface area contributed by atoms with Gasteiger partial charge in [0.05, 0.1) is 17.0 Å². The largest absolute Gasteiger partial charge is 0.395 e. The highest BCUT2D eigenvalue weighted by molar-refractivity contribution is 6.30. The summed E-state index contributed by atoms with van der Waals surface area (Å²) in [5.41, 5.74) is 1.39. The minimum Gasteiger partial charge on any atom is -0.395 e. The summed E-state index contributed by atoms with van der Waals surface area (Å²) in [6.45, 7) is 5.81. The third kappa shape index (κ3) is 5.29. The van der Waals surface area contributed by atoms with Crippen molar-refractivity contribution in [2.45, 2.75) is 6.04 Å². The van der Waals surface area contributed by atoms with Gasteiger partial charge < -0.3 is 20.6 Å². The van der Waals surface area contributed by atoms with Crippen LogP contribution in [0.4, 0.5) is 23.1 Å². The summed E-state index contributed by atoms with van der Waals surface area (Å²) < 4.78 is 0. The first-order valence-corrected chi connectivity index (χ1v) is 12.0. The number of non-ortho nitro benzene ring substituents is 1. The lowest BCUT2D eigenvalue weighted by Crippen LogP contribution is -2.61. The van der Waals surface area contributed by atoms with E-state index >= 15 is 0 Å². The van der Waals surface area contributed by atoms with Crippen molar-refractivity contribution in [3.63, 3.8) is 0 Å². The third-order valence-electron chi connectivity index (χ3n) is 6.38. The SMILES string of the molecule is O=[N+]([O-])c1ccc2nc(N3CCN(N4CCNC(CO)C4)CC3)nc(Nc3ccc(Cl)cc3)c2c1. The van der Waals surface area contributed by atoms with E-state index in [-0.39, 0.29) is 18.3 Å². The average molecular weight is 499 g/mol. The number of nitrogens with one attached hydrogen (secondary N) is 2. The number of piperazine rings is 2. The highest BCUT2D eigenvalue weighted by Crippen LogP contribution is 2.30. The zero-order chi connectivity index (χ0) is 24.4. The zero-order valence-corrected chi connectivity index (χ0v) is 19.9. The van der Waals surface area contributed by atoms with Gasteiger partial charge in [0.25, 0.3) is 5.69 Å². The summed E-state index contributed by atoms with van der Waals surface area (Å²) in [4.78, 5) is 22.6. The fourth-order valence-corrected chi connectivity index (χ4v) is 4.62. The standard InChI is InChI=1S/C23H27ClN8O3/c24-16-1-3-17(4-2-16)26-22-20-13-19(32(34)35)5-6-21(20)27-23(28-22)29-9-11-30(12-10-29)31-8-7-25-18(14-31)15-33/h1-6,13,18,25,33H,7-12,14-15H2,(H,26,27,28). The first-order chi connectivity index (χ1) is 17.0. The number of anilines is 3. The lowest BCUT2D eigenvalue weighted by atomic mass is 10.2. The average Bonchev–Trinajstić information content (AvgIpc) is 2.89. The van der Waals surface area contributed by atoms with Gasteiger partial charge in [-0.25, -0.2) is 15.0 Å². The molecule has 2 saturated heterocycles. The normalized spacial score (nSPS) is 19.7. The van der Waals surface area contributed by atoms with Gasteiger partial charge in [0, 0.05) is 80.1 Å². The molecule has 0 amide bonds. The monoisotopic (exact) mass is 498 g/mol. The molecule has 2 aliphatic heterocycles. The fraction of sp³-hybridized carbons (Fsp3) is 0.391. The van der Waals surface area contributed by atoms with Gasteiger partial charge in [-0.1, -0.05) is 11.6 Å². The Morgan fingerprint density at radius 2 is 1.86 bits per heavy atom. The number of nitro benzene ring substituents is 1. The van der Waals surface area contributed by atoms with Crippen LogP contribution in [0.15, 0.2) is 42.5 Å². The molecule has 2 aliphatic rings. The Labute approximate surface area is 207 Å². The van der Waals surface area contributed by atoms with Gasteiger partial charge in [0.2, 0.25) is 5.95 Å². The Balaban J connectivity index is 1.39. The number of aromatic nitrogens is 2. The van der Waals surface area contributed by atoms with Crippen LogP contribution in [0.25, 0.3) is 10.9 Å². The van der Waals surface area contributed by atoms with Crippen LogP contribution in [0.3, 0.4) is 0 Å². The Morgan fingerprint density at radius 3 is 2.57 bits per heavy atom. The van der Waals surface area contributed by atoms with Crippen molar-refractivity contribution in [2.75, 3.05) is 62.6 Å². The second kappa shape index (κ2) is 10.3. The molecule has 1 atom stereocenters. The van der Waals surface area contributed by atoms with Crippen LogP contribution in [0.5, 0.6) is 0 Å². The molecule has 184 valence electrons. The van der Waals surface area contributed by atoms with Crippen LogP contribution >= 0.6 is 11.6 Å². The molecule has 3 aromatic rings. The molecule has 11 nitrogen and oxygen atoms in total. The molecule has 2 fully saturated rings. The first-order valence-electron chi connectivity index (χ1n) is 11.6. The number of hydrogen-bond acceptors (Lipinski definition) is 10. The minimum atomic E-state index is -0.421. The van der Waals surface area contributed by atoms with E-state index in [0.717, 1.165) is 51.5 Å². The van der Waals surface area contributed by atoms with Gasteiger partial charge in [-0.05, 0) is 30.3 Å². The van der Waals surface area contributed by atoms with E-state index in [1.807, 2.05) is 12.1 Å². The number of hydrogen-bond donors (Lipinski definition) is 3. The summed E-state index contributed by atoms with van der Waals surface area (Å²) in [5, 5.41) is 33.3. The Kier molecular flexibility index (Phi) is 6.93. The van der Waals surface area contributed by atoms with Crippen molar-refractivity contribution >= 4 is 45.6 Å². The molecule has 3 heterocycles. The lowest BCUT2D eigenvalue weighted by molar-refractivity contribution is -0.384. The molecule has 5 rings (SSSR count). The van der Waals surface area contributed by atoms with Crippen LogP contribution in [0.1, 0.15) is 0 Å². The van der Waals surface area contributed by atoms with Crippen molar-refractivity contribution in [3.05, 3.63) is 57.6 Å². The lowest BCUT2D eigenvalue weighted by Gasteiger charge is -2.44. The summed E-state index contributed by atoms with van der Waals surface area (Å²) in [5.74, 6) is 1.09. The predicted molar refractivity (Wildman–Crippen MR) is 135 cm³/mol. The van der Waals surface area contributed by atoms with E-state index in [0.29, 0.717) is 27.7 Å². The third-order valence-corrected chi connectivity index (χ3v) is 6.63. The van der Waals surface area contributed by atoms with Crippen LogP contribution in [0.2, 0.25) is 5.02 Å². The highest BCUT2D eigenvalue weighted by Gasteiger charge is 2.28. The Bertz CT molecular complexity index is 1200. The van der Waals surface area contributed by atoms with E-state index in [9.17, 15) is 15.2 Å². The van der Waals surface area contributed by atoms with Gasteiger partial charge in [-0.2, -0.15) is 4.98 Å². The number of rotatable bonds is 6. The number of nitrogens with zero attached hydrogens (tertiary/aromatic N) is 6. The molecule has 1 aromatic heterocycles. The molecule has 3 N–H and O–H groups in total. The highest BCUT2D eigenvalue weighted by atomic mass is 35.5. The Morgan fingerprint density at radius 1 is 1.09 bits per heavy atom. The zero-order valence-electron chi connectivity index (χ0n) is 19.1. The van der Waals surface area contributed by atoms with E-state index in [2.05, 4.69) is 25.6 Å². The quantitative estimate of drug-likeness (QED) is 0.344. The first kappa shape index (κ1) is 23.6. The molecule has 0 radical (unpaired) electrons. The predicted octanol–water partition coefficient (Wildman–Crippen LogP) is 2.24. The molecule has 1 unspecified atom stereocenters. The summed E-state index contributed by atoms with van der Waals surface area (Å²) in [6.07, 6.45) is 0. The van der Waals surface area contributed by atoms with Gasteiger partial charge in [-0.3, -0.25) is 10.1 Å². The smallest absolute Gasteiger partial charge is 0.270 e. The van der Waals surface area contributed by atoms with E-state index in [1.54, 1.807) is 18.2 Å². The van der Waals surface area contributed by atoms with Crippen LogP contribution in [0, 0.1) is 10.1 Å². The van der Waals surface area contributed by atoms with Crippen molar-refractivity contribution in [2.24, 2.45) is 0 Å². The van der Waals surface area contributed by atoms with Crippen molar-refractivity contribution in [1.82, 2.24) is 25.3 Å². The molecular weight excluding hydrogens is 472 g/mol. The second-order valence-corrected chi connectivity index (χ2v) is 9.09. The van der Waals surface area contributed by atoms with Crippen LogP contribution < -0.4 is 15.5 Å². The minimum absolute atomic E-state index is 0.0150. The number of fused-ring (bicyclic) bond motifs is 1. The number of benzene rings is 2. The summed E-state index contributed by atoms with van der Waals surface area (Å²) in [7, 11) is 0. The van der Waals surface area contributed by atoms with Crippen molar-refractivity contribution in [1.29, 1.82) is 0 Å². The van der Waals surface area contributed by atoms with Crippen molar-refractivity contribution < 1.29 is 10.0 Å². The van der Waals surface area contributed by atoms with E-state index in [1.165, 1.54) is 12.1 Å². The summed E-state index contributed by atoms with van der Waals surface area (Å²) in [6, 6.07) is 11.9. The second-order valence-electron chi connectivity index (χ2n) is 8.65. The maximum atomic E-state index is 11.4. The van der Waals surface area contributed by atoms with Crippen molar-refractivity contribution in [3.8, 4) is 0 Å². The number of aliphatic hydroxyl groups is 1. The molecule has 2 aromatic carbocycles. The van der Waals surface area contributed by atoms with Crippen LogP contribution in [-0.4, -0.2) is 88.5 Å². The molecule has 0 saturated carbocycles. The number of nitro groups is 1. The molecular formula is C23H27ClN8O3. The van der Waals surface area contributed by atoms with Gasteiger partial charge >= 0.3 is 0 Å². The van der Waals surface area contributed by atoms with Gasteiger partial charge in [-0.15, -0.1) is 0 Å². The summed E-state index contributed by atoms with van der Waals surface area (Å²) >= 11 is 6.02. The maximum absolute atomic E-state index is 11.4. The molecule has 12 heteroatoms. The topological polar surface area (TPSA) is 123 Å². The number of aliphatic hydroxyl groups excluding tert-OH is 1. The van der Waals surface area contributed by atoms with Gasteiger partial charge in [0.15, 0.2) is 0 Å². The Hall–Kier alpha value is -3.09. The van der Waals surface area contributed by atoms with Gasteiger partial charge in [0.1, 0.15) is 5.82 Å². The van der Waals surface area contributed by atoms with Crippen LogP contribution in [-0.2, 0) is 0 Å². The fourth-order valence-electron chi connectivity index (χ4n) is 4.49. The molecule has 0 bridgehead atoms. The molecule has 35 heavy (non-hydrogen) atoms. The number of halogens is 1. The molecule has 0 spiro atoms. The van der Waals surface area contributed by atoms with E-state index < -0.39 is 4.92 Å². The molecule has 0 aliphatic carbocycles. The maximum Gasteiger partial charge on any atom is 0.270 e. The number of hydrazine groups is 1.